The molecule has 2 aromatic heterocycles. The van der Waals surface area contributed by atoms with Crippen molar-refractivity contribution in [2.45, 2.75) is 26.4 Å². The number of nitrogens with one attached hydrogen (secondary N) is 1. The molecule has 0 bridgehead atoms. The number of nitrogens with zero attached hydrogens (tertiary/aromatic N) is 1. The molecule has 2 amide bonds. The van der Waals surface area contributed by atoms with Gasteiger partial charge in [-0.3, -0.25) is 9.59 Å². The van der Waals surface area contributed by atoms with Crippen molar-refractivity contribution >= 4 is 28.8 Å². The van der Waals surface area contributed by atoms with E-state index in [0.717, 1.165) is 22.4 Å². The molecule has 0 aliphatic carbocycles. The van der Waals surface area contributed by atoms with Crippen LogP contribution in [0.4, 0.5) is 5.69 Å². The Bertz CT molecular complexity index is 1170. The second-order valence-corrected chi connectivity index (χ2v) is 8.50. The van der Waals surface area contributed by atoms with Gasteiger partial charge in [0.2, 0.25) is 5.91 Å². The lowest BCUT2D eigenvalue weighted by Crippen LogP contribution is -2.30. The molecule has 0 saturated carbocycles. The highest BCUT2D eigenvalue weighted by Crippen LogP contribution is 2.23. The van der Waals surface area contributed by atoms with Gasteiger partial charge in [0.1, 0.15) is 5.76 Å². The van der Waals surface area contributed by atoms with Gasteiger partial charge in [-0.25, -0.2) is 0 Å². The summed E-state index contributed by atoms with van der Waals surface area (Å²) in [5.41, 5.74) is 3.90. The second-order valence-electron chi connectivity index (χ2n) is 7.56. The van der Waals surface area contributed by atoms with Crippen LogP contribution in [0.3, 0.4) is 0 Å². The number of aryl methyl sites for hydroxylation is 1. The third-order valence-electron chi connectivity index (χ3n) is 5.05. The fourth-order valence-electron chi connectivity index (χ4n) is 3.45. The Morgan fingerprint density at radius 3 is 2.50 bits per heavy atom. The van der Waals surface area contributed by atoms with Crippen LogP contribution in [0.1, 0.15) is 32.1 Å². The maximum Gasteiger partial charge on any atom is 0.268 e. The van der Waals surface area contributed by atoms with Crippen LogP contribution in [-0.2, 0) is 24.3 Å². The van der Waals surface area contributed by atoms with Crippen molar-refractivity contribution in [1.82, 2.24) is 5.32 Å². The molecule has 5 nitrogen and oxygen atoms in total. The third-order valence-corrected chi connectivity index (χ3v) is 5.91. The Hall–Kier alpha value is -3.64. The highest BCUT2D eigenvalue weighted by molar-refractivity contribution is 7.12. The highest BCUT2D eigenvalue weighted by atomic mass is 32.1. The number of furan rings is 1. The van der Waals surface area contributed by atoms with Crippen LogP contribution in [0.15, 0.2) is 88.9 Å². The summed E-state index contributed by atoms with van der Waals surface area (Å²) in [6.45, 7) is 2.88. The van der Waals surface area contributed by atoms with Gasteiger partial charge in [0.25, 0.3) is 5.91 Å². The van der Waals surface area contributed by atoms with Gasteiger partial charge < -0.3 is 14.6 Å². The molecule has 0 unspecified atom stereocenters. The maximum absolute atomic E-state index is 13.2. The van der Waals surface area contributed by atoms with E-state index in [0.29, 0.717) is 23.7 Å². The summed E-state index contributed by atoms with van der Waals surface area (Å²) >= 11 is 1.43. The van der Waals surface area contributed by atoms with Gasteiger partial charge in [-0.2, -0.15) is 0 Å². The predicted molar refractivity (Wildman–Crippen MR) is 127 cm³/mol. The molecule has 4 aromatic rings. The molecule has 162 valence electrons. The summed E-state index contributed by atoms with van der Waals surface area (Å²) in [6, 6.07) is 23.1. The summed E-state index contributed by atoms with van der Waals surface area (Å²) in [4.78, 5) is 27.9. The summed E-state index contributed by atoms with van der Waals surface area (Å²) in [5, 5.41) is 4.76. The Morgan fingerprint density at radius 1 is 0.969 bits per heavy atom. The second kappa shape index (κ2) is 10.1. The number of hydrogen-bond acceptors (Lipinski definition) is 4. The molecule has 0 aliphatic heterocycles. The minimum absolute atomic E-state index is 0.0366. The predicted octanol–water partition coefficient (Wildman–Crippen LogP) is 5.36. The highest BCUT2D eigenvalue weighted by Gasteiger charge is 2.19. The Kier molecular flexibility index (Phi) is 6.82. The first kappa shape index (κ1) is 21.6. The van der Waals surface area contributed by atoms with E-state index in [-0.39, 0.29) is 18.2 Å². The fraction of sp³-hybridized carbons (Fsp3) is 0.154. The lowest BCUT2D eigenvalue weighted by atomic mass is 10.1. The van der Waals surface area contributed by atoms with Gasteiger partial charge >= 0.3 is 0 Å². The summed E-state index contributed by atoms with van der Waals surface area (Å²) in [7, 11) is 0. The molecule has 0 radical (unpaired) electrons. The SMILES string of the molecule is Cc1cccc(CN(C(=O)c2cccs2)c2ccc(CC(=O)NCc3ccco3)cc2)c1. The molecule has 4 rings (SSSR count). The molecule has 0 spiro atoms. The molecule has 32 heavy (non-hydrogen) atoms. The van der Waals surface area contributed by atoms with E-state index in [9.17, 15) is 9.59 Å². The fourth-order valence-corrected chi connectivity index (χ4v) is 4.12. The zero-order chi connectivity index (χ0) is 22.3. The summed E-state index contributed by atoms with van der Waals surface area (Å²) in [5.74, 6) is 0.596. The molecule has 0 saturated heterocycles. The summed E-state index contributed by atoms with van der Waals surface area (Å²) < 4.78 is 5.23. The number of carbonyl (C=O) groups excluding carboxylic acids is 2. The van der Waals surface area contributed by atoms with Gasteiger partial charge in [0.15, 0.2) is 0 Å². The van der Waals surface area contributed by atoms with Crippen molar-refractivity contribution in [1.29, 1.82) is 0 Å². The lowest BCUT2D eigenvalue weighted by molar-refractivity contribution is -0.120. The molecule has 1 N–H and O–H groups in total. The van der Waals surface area contributed by atoms with E-state index in [1.54, 1.807) is 17.2 Å². The molecule has 0 atom stereocenters. The molecule has 0 fully saturated rings. The monoisotopic (exact) mass is 444 g/mol. The average Bonchev–Trinajstić information content (AvgIpc) is 3.51. The molecule has 6 heteroatoms. The van der Waals surface area contributed by atoms with Gasteiger partial charge in [-0.1, -0.05) is 48.0 Å². The third kappa shape index (κ3) is 5.53. The number of amides is 2. The first-order valence-electron chi connectivity index (χ1n) is 10.4. The van der Waals surface area contributed by atoms with E-state index < -0.39 is 0 Å². The van der Waals surface area contributed by atoms with Crippen LogP contribution in [0.5, 0.6) is 0 Å². The van der Waals surface area contributed by atoms with E-state index >= 15 is 0 Å². The first-order valence-corrected chi connectivity index (χ1v) is 11.3. The number of rotatable bonds is 8. The van der Waals surface area contributed by atoms with Gasteiger partial charge in [-0.05, 0) is 53.8 Å². The van der Waals surface area contributed by atoms with E-state index in [2.05, 4.69) is 11.4 Å². The smallest absolute Gasteiger partial charge is 0.268 e. The van der Waals surface area contributed by atoms with Crippen LogP contribution >= 0.6 is 11.3 Å². The Labute approximate surface area is 191 Å². The minimum Gasteiger partial charge on any atom is -0.467 e. The van der Waals surface area contributed by atoms with Crippen LogP contribution in [0, 0.1) is 6.92 Å². The van der Waals surface area contributed by atoms with Crippen molar-refractivity contribution in [3.63, 3.8) is 0 Å². The number of anilines is 1. The largest absolute Gasteiger partial charge is 0.467 e. The van der Waals surface area contributed by atoms with Gasteiger partial charge in [-0.15, -0.1) is 11.3 Å². The maximum atomic E-state index is 13.2. The van der Waals surface area contributed by atoms with E-state index in [1.165, 1.54) is 11.3 Å². The molecule has 0 aliphatic rings. The van der Waals surface area contributed by atoms with Gasteiger partial charge in [0.05, 0.1) is 30.7 Å². The normalized spacial score (nSPS) is 10.7. The van der Waals surface area contributed by atoms with Crippen molar-refractivity contribution in [3.05, 3.63) is 112 Å². The minimum atomic E-state index is -0.0829. The Balaban J connectivity index is 1.48. The first-order chi connectivity index (χ1) is 15.6. The zero-order valence-electron chi connectivity index (χ0n) is 17.8. The quantitative estimate of drug-likeness (QED) is 0.398. The number of carbonyl (C=O) groups is 2. The number of thiophene rings is 1. The van der Waals surface area contributed by atoms with Gasteiger partial charge in [0, 0.05) is 5.69 Å². The van der Waals surface area contributed by atoms with Crippen LogP contribution < -0.4 is 10.2 Å². The van der Waals surface area contributed by atoms with Crippen molar-refractivity contribution < 1.29 is 14.0 Å². The number of hydrogen-bond donors (Lipinski definition) is 1. The molecule has 2 aromatic carbocycles. The molecular weight excluding hydrogens is 420 g/mol. The van der Waals surface area contributed by atoms with Crippen molar-refractivity contribution in [3.8, 4) is 0 Å². The number of benzene rings is 2. The van der Waals surface area contributed by atoms with Crippen LogP contribution in [0.25, 0.3) is 0 Å². The molecule has 2 heterocycles. The summed E-state index contributed by atoms with van der Waals surface area (Å²) in [6.07, 6.45) is 1.85. The molecular formula is C26H24N2O3S. The van der Waals surface area contributed by atoms with E-state index in [4.69, 9.17) is 4.42 Å². The van der Waals surface area contributed by atoms with Crippen molar-refractivity contribution in [2.24, 2.45) is 0 Å². The van der Waals surface area contributed by atoms with Crippen molar-refractivity contribution in [2.75, 3.05) is 4.90 Å². The standard InChI is InChI=1S/C26H24N2O3S/c1-19-5-2-6-21(15-19)18-28(26(30)24-8-4-14-32-24)22-11-9-20(10-12-22)16-25(29)27-17-23-7-3-13-31-23/h2-15H,16-18H2,1H3,(H,27,29). The lowest BCUT2D eigenvalue weighted by Gasteiger charge is -2.23. The average molecular weight is 445 g/mol. The zero-order valence-corrected chi connectivity index (χ0v) is 18.6. The van der Waals surface area contributed by atoms with Crippen LogP contribution in [0.2, 0.25) is 0 Å². The van der Waals surface area contributed by atoms with E-state index in [1.807, 2.05) is 73.0 Å². The Morgan fingerprint density at radius 2 is 1.81 bits per heavy atom. The topological polar surface area (TPSA) is 62.6 Å². The van der Waals surface area contributed by atoms with Crippen LogP contribution in [-0.4, -0.2) is 11.8 Å².